The van der Waals surface area contributed by atoms with Crippen molar-refractivity contribution in [2.45, 2.75) is 32.4 Å². The van der Waals surface area contributed by atoms with Crippen molar-refractivity contribution in [1.82, 2.24) is 9.88 Å². The Morgan fingerprint density at radius 3 is 2.75 bits per heavy atom. The Labute approximate surface area is 139 Å². The Bertz CT molecular complexity index is 855. The molecule has 6 heteroatoms. The predicted octanol–water partition coefficient (Wildman–Crippen LogP) is 1.78. The Kier molecular flexibility index (Phi) is 4.20. The number of rotatable bonds is 4. The highest BCUT2D eigenvalue weighted by molar-refractivity contribution is 6.04. The lowest BCUT2D eigenvalue weighted by Gasteiger charge is -2.14. The van der Waals surface area contributed by atoms with Gasteiger partial charge in [0.2, 0.25) is 5.91 Å². The highest BCUT2D eigenvalue weighted by Gasteiger charge is 2.32. The number of nitrogens with one attached hydrogen (secondary N) is 2. The van der Waals surface area contributed by atoms with Crippen molar-refractivity contribution in [1.29, 1.82) is 0 Å². The molecule has 0 saturated heterocycles. The molecule has 2 aromatic rings. The average Bonchev–Trinajstić information content (AvgIpc) is 2.85. The molecular weight excluding hydrogens is 306 g/mol. The van der Waals surface area contributed by atoms with Crippen LogP contribution in [0.1, 0.15) is 36.9 Å². The maximum Gasteiger partial charge on any atom is 0.251 e. The number of carbonyl (C=O) groups excluding carboxylic acids is 2. The highest BCUT2D eigenvalue weighted by Crippen LogP contribution is 2.33. The first kappa shape index (κ1) is 16.0. The minimum atomic E-state index is -0.731. The molecule has 1 aliphatic rings. The summed E-state index contributed by atoms with van der Waals surface area (Å²) < 4.78 is 1.30. The van der Waals surface area contributed by atoms with Gasteiger partial charge in [-0.15, -0.1) is 0 Å². The highest BCUT2D eigenvalue weighted by atomic mass is 16.2. The van der Waals surface area contributed by atoms with Crippen LogP contribution in [0, 0.1) is 0 Å². The van der Waals surface area contributed by atoms with Gasteiger partial charge in [0.25, 0.3) is 11.5 Å². The number of fused-ring (bicyclic) bond motifs is 1. The Balaban J connectivity index is 1.80. The van der Waals surface area contributed by atoms with Crippen LogP contribution in [0.3, 0.4) is 0 Å². The summed E-state index contributed by atoms with van der Waals surface area (Å²) >= 11 is 0. The number of carbonyl (C=O) groups is 2. The van der Waals surface area contributed by atoms with Gasteiger partial charge in [0.05, 0.1) is 0 Å². The van der Waals surface area contributed by atoms with Crippen LogP contribution in [-0.4, -0.2) is 16.4 Å². The van der Waals surface area contributed by atoms with Crippen LogP contribution in [0.4, 0.5) is 5.69 Å². The van der Waals surface area contributed by atoms with E-state index in [4.69, 9.17) is 0 Å². The smallest absolute Gasteiger partial charge is 0.251 e. The van der Waals surface area contributed by atoms with E-state index in [-0.39, 0.29) is 23.9 Å². The van der Waals surface area contributed by atoms with E-state index in [0.29, 0.717) is 11.6 Å². The lowest BCUT2D eigenvalue weighted by atomic mass is 9.98. The third kappa shape index (κ3) is 3.08. The zero-order chi connectivity index (χ0) is 17.3. The van der Waals surface area contributed by atoms with E-state index < -0.39 is 6.04 Å². The molecule has 0 saturated carbocycles. The molecule has 124 valence electrons. The molecule has 2 N–H and O–H groups in total. The van der Waals surface area contributed by atoms with Crippen LogP contribution >= 0.6 is 0 Å². The van der Waals surface area contributed by atoms with Gasteiger partial charge >= 0.3 is 0 Å². The standard InChI is InChI=1S/C18H19N3O3/c1-11(2)12-6-7-14-13(9-12)17(18(24)19-14)20-15(22)10-21-8-4-3-5-16(21)23/h3-9,11,17H,10H2,1-2H3,(H,19,24)(H,20,22). The number of pyridine rings is 1. The molecule has 1 aromatic carbocycles. The summed E-state index contributed by atoms with van der Waals surface area (Å²) in [6.45, 7) is 4.02. The zero-order valence-electron chi connectivity index (χ0n) is 13.6. The van der Waals surface area contributed by atoms with Crippen molar-refractivity contribution in [2.75, 3.05) is 5.32 Å². The van der Waals surface area contributed by atoms with E-state index in [0.717, 1.165) is 11.1 Å². The van der Waals surface area contributed by atoms with E-state index in [1.54, 1.807) is 18.3 Å². The van der Waals surface area contributed by atoms with Gasteiger partial charge in [-0.2, -0.15) is 0 Å². The van der Waals surface area contributed by atoms with E-state index in [1.165, 1.54) is 10.6 Å². The second-order valence-corrected chi connectivity index (χ2v) is 6.16. The van der Waals surface area contributed by atoms with Gasteiger partial charge in [-0.1, -0.05) is 32.0 Å². The molecule has 6 nitrogen and oxygen atoms in total. The van der Waals surface area contributed by atoms with Gasteiger partial charge in [-0.25, -0.2) is 0 Å². The van der Waals surface area contributed by atoms with Gasteiger partial charge in [-0.05, 0) is 23.6 Å². The summed E-state index contributed by atoms with van der Waals surface area (Å²) in [6, 6.07) is 9.72. The molecule has 1 aliphatic heterocycles. The number of nitrogens with zero attached hydrogens (tertiary/aromatic N) is 1. The van der Waals surface area contributed by atoms with Crippen LogP contribution in [0.5, 0.6) is 0 Å². The fourth-order valence-corrected chi connectivity index (χ4v) is 2.74. The van der Waals surface area contributed by atoms with Gasteiger partial charge < -0.3 is 15.2 Å². The topological polar surface area (TPSA) is 80.2 Å². The summed E-state index contributed by atoms with van der Waals surface area (Å²) in [7, 11) is 0. The number of hydrogen-bond donors (Lipinski definition) is 2. The van der Waals surface area contributed by atoms with Crippen LogP contribution < -0.4 is 16.2 Å². The van der Waals surface area contributed by atoms with Gasteiger partial charge in [0, 0.05) is 23.5 Å². The first-order chi connectivity index (χ1) is 11.5. The molecule has 1 atom stereocenters. The summed E-state index contributed by atoms with van der Waals surface area (Å²) in [5, 5.41) is 5.49. The van der Waals surface area contributed by atoms with Crippen LogP contribution in [0.2, 0.25) is 0 Å². The number of aromatic nitrogens is 1. The molecule has 24 heavy (non-hydrogen) atoms. The van der Waals surface area contributed by atoms with Crippen LogP contribution in [0.25, 0.3) is 0 Å². The fourth-order valence-electron chi connectivity index (χ4n) is 2.74. The number of anilines is 1. The second-order valence-electron chi connectivity index (χ2n) is 6.16. The van der Waals surface area contributed by atoms with Crippen molar-refractivity contribution in [3.8, 4) is 0 Å². The summed E-state index contributed by atoms with van der Waals surface area (Å²) in [5.41, 5.74) is 2.32. The summed E-state index contributed by atoms with van der Waals surface area (Å²) in [6.07, 6.45) is 1.54. The van der Waals surface area contributed by atoms with Crippen molar-refractivity contribution in [3.05, 3.63) is 64.1 Å². The average molecular weight is 325 g/mol. The van der Waals surface area contributed by atoms with Crippen molar-refractivity contribution >= 4 is 17.5 Å². The molecule has 3 rings (SSSR count). The maximum atomic E-state index is 12.2. The van der Waals surface area contributed by atoms with Crippen LogP contribution in [-0.2, 0) is 16.1 Å². The van der Waals surface area contributed by atoms with Crippen molar-refractivity contribution < 1.29 is 9.59 Å². The molecule has 1 aromatic heterocycles. The molecule has 0 fully saturated rings. The van der Waals surface area contributed by atoms with Gasteiger partial charge in [0.15, 0.2) is 0 Å². The normalized spacial score (nSPS) is 16.0. The minimum absolute atomic E-state index is 0.122. The van der Waals surface area contributed by atoms with Crippen molar-refractivity contribution in [3.63, 3.8) is 0 Å². The molecule has 2 amide bonds. The summed E-state index contributed by atoms with van der Waals surface area (Å²) in [4.78, 5) is 36.1. The van der Waals surface area contributed by atoms with Gasteiger partial charge in [-0.3, -0.25) is 14.4 Å². The Hall–Kier alpha value is -2.89. The first-order valence-corrected chi connectivity index (χ1v) is 7.85. The maximum absolute atomic E-state index is 12.2. The van der Waals surface area contributed by atoms with E-state index >= 15 is 0 Å². The largest absolute Gasteiger partial charge is 0.339 e. The molecule has 0 aliphatic carbocycles. The van der Waals surface area contributed by atoms with E-state index in [2.05, 4.69) is 24.5 Å². The molecule has 0 bridgehead atoms. The molecule has 0 radical (unpaired) electrons. The third-order valence-electron chi connectivity index (χ3n) is 4.09. The zero-order valence-corrected chi connectivity index (χ0v) is 13.6. The number of amides is 2. The quantitative estimate of drug-likeness (QED) is 0.899. The predicted molar refractivity (Wildman–Crippen MR) is 90.7 cm³/mol. The van der Waals surface area contributed by atoms with E-state index in [9.17, 15) is 14.4 Å². The monoisotopic (exact) mass is 325 g/mol. The molecule has 0 spiro atoms. The lowest BCUT2D eigenvalue weighted by molar-refractivity contribution is -0.126. The second kappa shape index (κ2) is 6.31. The molecular formula is C18H19N3O3. The first-order valence-electron chi connectivity index (χ1n) is 7.85. The third-order valence-corrected chi connectivity index (χ3v) is 4.09. The molecule has 1 unspecified atom stereocenters. The Morgan fingerprint density at radius 1 is 1.25 bits per heavy atom. The minimum Gasteiger partial charge on any atom is -0.339 e. The number of benzene rings is 1. The fraction of sp³-hybridized carbons (Fsp3) is 0.278. The number of hydrogen-bond acceptors (Lipinski definition) is 3. The van der Waals surface area contributed by atoms with Gasteiger partial charge in [0.1, 0.15) is 12.6 Å². The van der Waals surface area contributed by atoms with Crippen LogP contribution in [0.15, 0.2) is 47.4 Å². The van der Waals surface area contributed by atoms with Crippen molar-refractivity contribution in [2.24, 2.45) is 0 Å². The van der Waals surface area contributed by atoms with E-state index in [1.807, 2.05) is 18.2 Å². The Morgan fingerprint density at radius 2 is 2.04 bits per heavy atom. The lowest BCUT2D eigenvalue weighted by Crippen LogP contribution is -2.37. The molecule has 2 heterocycles. The summed E-state index contributed by atoms with van der Waals surface area (Å²) in [5.74, 6) is -0.323. The SMILES string of the molecule is CC(C)c1ccc2c(c1)C(NC(=O)Cn1ccccc1=O)C(=O)N2.